The zero-order valence-corrected chi connectivity index (χ0v) is 19.0. The maximum absolute atomic E-state index is 14.5. The fraction of sp³-hybridized carbons (Fsp3) is 0.375. The lowest BCUT2D eigenvalue weighted by atomic mass is 9.97. The summed E-state index contributed by atoms with van der Waals surface area (Å²) in [7, 11) is 4.68. The van der Waals surface area contributed by atoms with Crippen LogP contribution in [0.5, 0.6) is 11.5 Å². The number of amides is 2. The number of ether oxygens (including phenoxy) is 2. The fourth-order valence-electron chi connectivity index (χ4n) is 3.73. The van der Waals surface area contributed by atoms with Gasteiger partial charge >= 0.3 is 0 Å². The number of halogens is 1. The molecule has 0 N–H and O–H groups in total. The van der Waals surface area contributed by atoms with Gasteiger partial charge in [-0.05, 0) is 24.3 Å². The highest BCUT2D eigenvalue weighted by Crippen LogP contribution is 2.39. The number of rotatable bonds is 7. The fourth-order valence-corrected chi connectivity index (χ4v) is 3.73. The number of methoxy groups -OCH3 is 2. The molecule has 2 aromatic carbocycles. The Morgan fingerprint density at radius 1 is 1.19 bits per heavy atom. The molecule has 0 aromatic heterocycles. The molecule has 0 saturated carbocycles. The second kappa shape index (κ2) is 9.80. The Kier molecular flexibility index (Phi) is 7.12. The van der Waals surface area contributed by atoms with Crippen LogP contribution in [0.25, 0.3) is 0 Å². The summed E-state index contributed by atoms with van der Waals surface area (Å²) < 4.78 is 25.4. The standard InChI is InChI=1S/C24H28FN3O4/c1-15(2)24(30)27(3)14-23(29)28-21(18-12-16(31-4)10-11-22(18)32-5)13-20(26-28)17-8-6-7-9-19(17)25/h6-12,15,21H,13-14H2,1-5H3/t21-/m1/s1. The van der Waals surface area contributed by atoms with Crippen molar-refractivity contribution in [3.8, 4) is 11.5 Å². The number of likely N-dealkylation sites (N-methyl/N-ethyl adjacent to an activating group) is 1. The van der Waals surface area contributed by atoms with Crippen molar-refractivity contribution < 1.29 is 23.5 Å². The van der Waals surface area contributed by atoms with Crippen molar-refractivity contribution in [2.75, 3.05) is 27.8 Å². The molecule has 2 amide bonds. The Labute approximate surface area is 187 Å². The summed E-state index contributed by atoms with van der Waals surface area (Å²) in [5, 5.41) is 5.81. The minimum atomic E-state index is -0.537. The zero-order chi connectivity index (χ0) is 23.4. The highest BCUT2D eigenvalue weighted by atomic mass is 19.1. The van der Waals surface area contributed by atoms with Crippen LogP contribution in [0.2, 0.25) is 0 Å². The number of hydrazone groups is 1. The molecule has 0 radical (unpaired) electrons. The van der Waals surface area contributed by atoms with Gasteiger partial charge in [0.25, 0.3) is 5.91 Å². The third kappa shape index (κ3) is 4.74. The molecule has 7 nitrogen and oxygen atoms in total. The second-order valence-electron chi connectivity index (χ2n) is 7.94. The number of benzene rings is 2. The van der Waals surface area contributed by atoms with Crippen molar-refractivity contribution >= 4 is 17.5 Å². The van der Waals surface area contributed by atoms with E-state index in [0.717, 1.165) is 0 Å². The van der Waals surface area contributed by atoms with Gasteiger partial charge in [0.15, 0.2) is 0 Å². The Morgan fingerprint density at radius 2 is 1.91 bits per heavy atom. The first-order chi connectivity index (χ1) is 15.3. The molecule has 3 rings (SSSR count). The largest absolute Gasteiger partial charge is 0.497 e. The Balaban J connectivity index is 2.01. The summed E-state index contributed by atoms with van der Waals surface area (Å²) >= 11 is 0. The van der Waals surface area contributed by atoms with E-state index in [1.165, 1.54) is 16.0 Å². The summed E-state index contributed by atoms with van der Waals surface area (Å²) in [6, 6.07) is 11.1. The molecular weight excluding hydrogens is 413 g/mol. The smallest absolute Gasteiger partial charge is 0.262 e. The normalized spacial score (nSPS) is 15.5. The molecular formula is C24H28FN3O4. The van der Waals surface area contributed by atoms with Crippen molar-refractivity contribution in [2.24, 2.45) is 11.0 Å². The molecule has 1 heterocycles. The molecule has 0 saturated heterocycles. The molecule has 1 atom stereocenters. The van der Waals surface area contributed by atoms with Gasteiger partial charge in [-0.2, -0.15) is 5.10 Å². The summed E-state index contributed by atoms with van der Waals surface area (Å²) in [4.78, 5) is 26.9. The van der Waals surface area contributed by atoms with E-state index in [2.05, 4.69) is 5.10 Å². The summed E-state index contributed by atoms with van der Waals surface area (Å²) in [6.07, 6.45) is 0.290. The molecule has 1 aliphatic heterocycles. The van der Waals surface area contributed by atoms with E-state index in [1.807, 2.05) is 0 Å². The third-order valence-electron chi connectivity index (χ3n) is 5.39. The highest BCUT2D eigenvalue weighted by Gasteiger charge is 2.36. The summed E-state index contributed by atoms with van der Waals surface area (Å²) in [6.45, 7) is 3.41. The van der Waals surface area contributed by atoms with Gasteiger partial charge in [-0.3, -0.25) is 9.59 Å². The lowest BCUT2D eigenvalue weighted by Gasteiger charge is -2.26. The van der Waals surface area contributed by atoms with Gasteiger partial charge in [0.2, 0.25) is 5.91 Å². The van der Waals surface area contributed by atoms with Crippen LogP contribution in [0, 0.1) is 11.7 Å². The van der Waals surface area contributed by atoms with Gasteiger partial charge in [0, 0.05) is 30.5 Å². The molecule has 0 aliphatic carbocycles. The first-order valence-corrected chi connectivity index (χ1v) is 10.4. The molecule has 1 aliphatic rings. The minimum absolute atomic E-state index is 0.145. The number of hydrogen-bond acceptors (Lipinski definition) is 5. The van der Waals surface area contributed by atoms with Crippen molar-refractivity contribution in [3.63, 3.8) is 0 Å². The average Bonchev–Trinajstić information content (AvgIpc) is 3.23. The first kappa shape index (κ1) is 23.2. The van der Waals surface area contributed by atoms with Gasteiger partial charge < -0.3 is 14.4 Å². The SMILES string of the molecule is COc1ccc(OC)c([C@H]2CC(c3ccccc3F)=NN2C(=O)CN(C)C(=O)C(C)C)c1. The van der Waals surface area contributed by atoms with Crippen LogP contribution in [0.1, 0.15) is 37.4 Å². The molecule has 0 spiro atoms. The monoisotopic (exact) mass is 441 g/mol. The van der Waals surface area contributed by atoms with Crippen LogP contribution < -0.4 is 9.47 Å². The van der Waals surface area contributed by atoms with E-state index < -0.39 is 11.9 Å². The van der Waals surface area contributed by atoms with Gasteiger partial charge in [-0.15, -0.1) is 0 Å². The maximum atomic E-state index is 14.5. The van der Waals surface area contributed by atoms with Crippen molar-refractivity contribution in [1.29, 1.82) is 0 Å². The van der Waals surface area contributed by atoms with Gasteiger partial charge in [0.05, 0.1) is 26.0 Å². The van der Waals surface area contributed by atoms with Crippen LogP contribution >= 0.6 is 0 Å². The van der Waals surface area contributed by atoms with Crippen LogP contribution in [-0.2, 0) is 9.59 Å². The van der Waals surface area contributed by atoms with Crippen LogP contribution in [0.4, 0.5) is 4.39 Å². The lowest BCUT2D eigenvalue weighted by Crippen LogP contribution is -2.40. The topological polar surface area (TPSA) is 71.4 Å². The number of carbonyl (C=O) groups excluding carboxylic acids is 2. The van der Waals surface area contributed by atoms with E-state index in [0.29, 0.717) is 28.3 Å². The molecule has 8 heteroatoms. The van der Waals surface area contributed by atoms with E-state index in [9.17, 15) is 14.0 Å². The second-order valence-corrected chi connectivity index (χ2v) is 7.94. The number of hydrogen-bond donors (Lipinski definition) is 0. The molecule has 0 bridgehead atoms. The van der Waals surface area contributed by atoms with E-state index in [4.69, 9.17) is 9.47 Å². The van der Waals surface area contributed by atoms with Crippen LogP contribution in [0.3, 0.4) is 0 Å². The quantitative estimate of drug-likeness (QED) is 0.658. The Morgan fingerprint density at radius 3 is 2.53 bits per heavy atom. The zero-order valence-electron chi connectivity index (χ0n) is 19.0. The van der Waals surface area contributed by atoms with Crippen LogP contribution in [0.15, 0.2) is 47.6 Å². The van der Waals surface area contributed by atoms with Crippen LogP contribution in [-0.4, -0.2) is 55.2 Å². The van der Waals surface area contributed by atoms with Gasteiger partial charge in [0.1, 0.15) is 23.9 Å². The maximum Gasteiger partial charge on any atom is 0.262 e. The van der Waals surface area contributed by atoms with Gasteiger partial charge in [-0.1, -0.05) is 32.0 Å². The molecule has 170 valence electrons. The first-order valence-electron chi connectivity index (χ1n) is 10.4. The molecule has 0 fully saturated rings. The van der Waals surface area contributed by atoms with Crippen molar-refractivity contribution in [1.82, 2.24) is 9.91 Å². The number of carbonyl (C=O) groups is 2. The Hall–Kier alpha value is -3.42. The summed E-state index contributed by atoms with van der Waals surface area (Å²) in [5.74, 6) is -0.0129. The van der Waals surface area contributed by atoms with Gasteiger partial charge in [-0.25, -0.2) is 9.40 Å². The number of nitrogens with zero attached hydrogens (tertiary/aromatic N) is 3. The minimum Gasteiger partial charge on any atom is -0.497 e. The lowest BCUT2D eigenvalue weighted by molar-refractivity contribution is -0.142. The highest BCUT2D eigenvalue weighted by molar-refractivity contribution is 6.03. The van der Waals surface area contributed by atoms with Crippen molar-refractivity contribution in [3.05, 3.63) is 59.4 Å². The van der Waals surface area contributed by atoms with E-state index >= 15 is 0 Å². The third-order valence-corrected chi connectivity index (χ3v) is 5.39. The summed E-state index contributed by atoms with van der Waals surface area (Å²) in [5.41, 5.74) is 1.47. The molecule has 32 heavy (non-hydrogen) atoms. The predicted molar refractivity (Wildman–Crippen MR) is 119 cm³/mol. The van der Waals surface area contributed by atoms with E-state index in [-0.39, 0.29) is 30.7 Å². The Bertz CT molecular complexity index is 1040. The molecule has 2 aromatic rings. The van der Waals surface area contributed by atoms with Crippen molar-refractivity contribution in [2.45, 2.75) is 26.3 Å². The average molecular weight is 442 g/mol. The molecule has 0 unspecified atom stereocenters. The predicted octanol–water partition coefficient (Wildman–Crippen LogP) is 3.64. The van der Waals surface area contributed by atoms with E-state index in [1.54, 1.807) is 71.5 Å².